The molecule has 3 nitrogen and oxygen atoms in total. The normalized spacial score (nSPS) is 21.0. The molecule has 2 N–H and O–H groups in total. The number of anilines is 1. The van der Waals surface area contributed by atoms with Gasteiger partial charge >= 0.3 is 0 Å². The van der Waals surface area contributed by atoms with Gasteiger partial charge in [-0.05, 0) is 31.9 Å². The molecule has 0 bridgehead atoms. The fourth-order valence-corrected chi connectivity index (χ4v) is 2.50. The molecule has 0 aliphatic carbocycles. The third-order valence-corrected chi connectivity index (χ3v) is 3.59. The molecule has 1 aromatic heterocycles. The van der Waals surface area contributed by atoms with E-state index in [2.05, 4.69) is 16.8 Å². The molecule has 2 rings (SSSR count). The van der Waals surface area contributed by atoms with Crippen molar-refractivity contribution in [3.63, 3.8) is 0 Å². The molecule has 1 unspecified atom stereocenters. The van der Waals surface area contributed by atoms with Crippen LogP contribution in [0.4, 0.5) is 5.69 Å². The zero-order valence-electron chi connectivity index (χ0n) is 10.2. The van der Waals surface area contributed by atoms with Gasteiger partial charge in [-0.3, -0.25) is 4.98 Å². The Morgan fingerprint density at radius 3 is 3.06 bits per heavy atom. The lowest BCUT2D eigenvalue weighted by Crippen LogP contribution is -2.32. The summed E-state index contributed by atoms with van der Waals surface area (Å²) in [5, 5.41) is 0. The molecule has 92 valence electrons. The number of nitrogens with zero attached hydrogens (tertiary/aromatic N) is 2. The molecule has 17 heavy (non-hydrogen) atoms. The molecule has 4 heteroatoms. The van der Waals surface area contributed by atoms with Crippen molar-refractivity contribution in [1.29, 1.82) is 0 Å². The van der Waals surface area contributed by atoms with E-state index in [-0.39, 0.29) is 0 Å². The first-order valence-electron chi connectivity index (χ1n) is 6.21. The van der Waals surface area contributed by atoms with Gasteiger partial charge in [0.25, 0.3) is 0 Å². The fraction of sp³-hybridized carbons (Fsp3) is 0.538. The first-order valence-corrected chi connectivity index (χ1v) is 6.62. The smallest absolute Gasteiger partial charge is 0.122 e. The summed E-state index contributed by atoms with van der Waals surface area (Å²) in [6.45, 7) is 3.40. The van der Waals surface area contributed by atoms with Gasteiger partial charge in [0.05, 0.1) is 5.69 Å². The predicted octanol–water partition coefficient (Wildman–Crippen LogP) is 2.48. The first-order chi connectivity index (χ1) is 8.18. The minimum Gasteiger partial charge on any atom is -0.388 e. The van der Waals surface area contributed by atoms with Crippen LogP contribution < -0.4 is 10.6 Å². The molecule has 1 fully saturated rings. The summed E-state index contributed by atoms with van der Waals surface area (Å²) in [5.74, 6) is 0. The molecule has 1 aliphatic heterocycles. The Morgan fingerprint density at radius 1 is 1.47 bits per heavy atom. The predicted molar refractivity (Wildman–Crippen MR) is 75.4 cm³/mol. The topological polar surface area (TPSA) is 42.2 Å². The second-order valence-corrected chi connectivity index (χ2v) is 5.10. The van der Waals surface area contributed by atoms with E-state index in [1.165, 1.54) is 31.4 Å². The average molecular weight is 249 g/mol. The third-order valence-electron chi connectivity index (χ3n) is 3.38. The van der Waals surface area contributed by atoms with Gasteiger partial charge in [-0.1, -0.05) is 25.1 Å². The van der Waals surface area contributed by atoms with E-state index in [1.807, 2.05) is 12.1 Å². The highest BCUT2D eigenvalue weighted by Gasteiger charge is 2.17. The lowest BCUT2D eigenvalue weighted by molar-refractivity contribution is 0.616. The molecule has 0 saturated carbocycles. The van der Waals surface area contributed by atoms with Gasteiger partial charge in [0, 0.05) is 24.5 Å². The molecule has 1 saturated heterocycles. The number of hydrogen-bond donors (Lipinski definition) is 1. The fourth-order valence-electron chi connectivity index (χ4n) is 2.39. The highest BCUT2D eigenvalue weighted by atomic mass is 32.1. The van der Waals surface area contributed by atoms with Crippen LogP contribution in [0.25, 0.3) is 0 Å². The van der Waals surface area contributed by atoms with E-state index in [9.17, 15) is 0 Å². The van der Waals surface area contributed by atoms with E-state index in [0.29, 0.717) is 16.7 Å². The largest absolute Gasteiger partial charge is 0.388 e. The molecule has 0 radical (unpaired) electrons. The summed E-state index contributed by atoms with van der Waals surface area (Å²) < 4.78 is 0. The van der Waals surface area contributed by atoms with Crippen molar-refractivity contribution in [2.75, 3.05) is 11.4 Å². The SMILES string of the molecule is CC1CCCCCN1c1ccnc(C(N)=S)c1. The first kappa shape index (κ1) is 12.3. The average Bonchev–Trinajstić information content (AvgIpc) is 2.54. The van der Waals surface area contributed by atoms with Crippen LogP contribution in [0.5, 0.6) is 0 Å². The summed E-state index contributed by atoms with van der Waals surface area (Å²) in [5.41, 5.74) is 7.54. The summed E-state index contributed by atoms with van der Waals surface area (Å²) >= 11 is 4.98. The molecular formula is C13H19N3S. The maximum absolute atomic E-state index is 5.63. The lowest BCUT2D eigenvalue weighted by Gasteiger charge is -2.29. The lowest BCUT2D eigenvalue weighted by atomic mass is 10.1. The van der Waals surface area contributed by atoms with Gasteiger partial charge in [-0.15, -0.1) is 0 Å². The molecule has 1 aliphatic rings. The maximum Gasteiger partial charge on any atom is 0.122 e. The second-order valence-electron chi connectivity index (χ2n) is 4.66. The quantitative estimate of drug-likeness (QED) is 0.818. The van der Waals surface area contributed by atoms with Gasteiger partial charge < -0.3 is 10.6 Å². The number of pyridine rings is 1. The van der Waals surface area contributed by atoms with Crippen LogP contribution in [0, 0.1) is 0 Å². The molecular weight excluding hydrogens is 230 g/mol. The third kappa shape index (κ3) is 2.94. The van der Waals surface area contributed by atoms with Gasteiger partial charge in [0.2, 0.25) is 0 Å². The Labute approximate surface area is 108 Å². The summed E-state index contributed by atoms with van der Waals surface area (Å²) in [4.78, 5) is 7.00. The Kier molecular flexibility index (Phi) is 3.94. The number of thiocarbonyl (C=S) groups is 1. The monoisotopic (exact) mass is 249 g/mol. The van der Waals surface area contributed by atoms with Crippen molar-refractivity contribution < 1.29 is 0 Å². The van der Waals surface area contributed by atoms with E-state index in [0.717, 1.165) is 6.54 Å². The number of hydrogen-bond acceptors (Lipinski definition) is 3. The van der Waals surface area contributed by atoms with Crippen molar-refractivity contribution in [1.82, 2.24) is 4.98 Å². The van der Waals surface area contributed by atoms with Crippen molar-refractivity contribution in [2.24, 2.45) is 5.73 Å². The van der Waals surface area contributed by atoms with Gasteiger partial charge in [0.15, 0.2) is 0 Å². The Morgan fingerprint density at radius 2 is 2.29 bits per heavy atom. The minimum atomic E-state index is 0.370. The highest BCUT2D eigenvalue weighted by Crippen LogP contribution is 2.24. The number of aromatic nitrogens is 1. The van der Waals surface area contributed by atoms with Crippen LogP contribution >= 0.6 is 12.2 Å². The van der Waals surface area contributed by atoms with Crippen LogP contribution in [0.3, 0.4) is 0 Å². The van der Waals surface area contributed by atoms with Crippen molar-refractivity contribution >= 4 is 22.9 Å². The van der Waals surface area contributed by atoms with Gasteiger partial charge in [-0.25, -0.2) is 0 Å². The Bertz CT molecular complexity index is 405. The van der Waals surface area contributed by atoms with Crippen LogP contribution in [-0.4, -0.2) is 22.6 Å². The second kappa shape index (κ2) is 5.45. The molecule has 0 aromatic carbocycles. The highest BCUT2D eigenvalue weighted by molar-refractivity contribution is 7.80. The van der Waals surface area contributed by atoms with Crippen molar-refractivity contribution in [2.45, 2.75) is 38.6 Å². The Hall–Kier alpha value is -1.16. The zero-order valence-corrected chi connectivity index (χ0v) is 11.0. The van der Waals surface area contributed by atoms with Crippen LogP contribution in [0.15, 0.2) is 18.3 Å². The van der Waals surface area contributed by atoms with Crippen molar-refractivity contribution in [3.05, 3.63) is 24.0 Å². The Balaban J connectivity index is 2.25. The zero-order chi connectivity index (χ0) is 12.3. The molecule has 2 heterocycles. The van der Waals surface area contributed by atoms with E-state index in [1.54, 1.807) is 6.20 Å². The molecule has 0 spiro atoms. The van der Waals surface area contributed by atoms with E-state index in [4.69, 9.17) is 18.0 Å². The molecule has 0 amide bonds. The van der Waals surface area contributed by atoms with Crippen LogP contribution in [0.2, 0.25) is 0 Å². The summed E-state index contributed by atoms with van der Waals surface area (Å²) in [6, 6.07) is 4.63. The van der Waals surface area contributed by atoms with Crippen LogP contribution in [-0.2, 0) is 0 Å². The summed E-state index contributed by atoms with van der Waals surface area (Å²) in [7, 11) is 0. The van der Waals surface area contributed by atoms with E-state index < -0.39 is 0 Å². The maximum atomic E-state index is 5.63. The van der Waals surface area contributed by atoms with Crippen molar-refractivity contribution in [3.8, 4) is 0 Å². The van der Waals surface area contributed by atoms with E-state index >= 15 is 0 Å². The van der Waals surface area contributed by atoms with Crippen LogP contribution in [0.1, 0.15) is 38.3 Å². The number of nitrogens with two attached hydrogens (primary N) is 1. The summed E-state index contributed by atoms with van der Waals surface area (Å²) in [6.07, 6.45) is 6.96. The van der Waals surface area contributed by atoms with Gasteiger partial charge in [0.1, 0.15) is 4.99 Å². The standard InChI is InChI=1S/C13H19N3S/c1-10-5-3-2-4-8-16(10)11-6-7-15-12(9-11)13(14)17/h6-7,9-10H,2-5,8H2,1H3,(H2,14,17). The minimum absolute atomic E-state index is 0.370. The molecule has 1 atom stereocenters. The number of rotatable bonds is 2. The molecule has 1 aromatic rings. The van der Waals surface area contributed by atoms with Gasteiger partial charge in [-0.2, -0.15) is 0 Å².